The number of hydrogen-bond donors (Lipinski definition) is 0. The molecular formula is C8H12F4O. The van der Waals surface area contributed by atoms with E-state index < -0.39 is 12.2 Å². The lowest BCUT2D eigenvalue weighted by Crippen LogP contribution is -2.31. The number of rotatable bonds is 2. The van der Waals surface area contributed by atoms with Crippen molar-refractivity contribution in [3.63, 3.8) is 0 Å². The SMILES string of the molecule is CCC1CCC(F)(OC(F)(F)F)C1. The van der Waals surface area contributed by atoms with Crippen LogP contribution in [0.15, 0.2) is 0 Å². The summed E-state index contributed by atoms with van der Waals surface area (Å²) in [4.78, 5) is 0. The van der Waals surface area contributed by atoms with E-state index in [0.29, 0.717) is 12.8 Å². The van der Waals surface area contributed by atoms with Gasteiger partial charge in [-0.3, -0.25) is 4.74 Å². The van der Waals surface area contributed by atoms with Crippen molar-refractivity contribution >= 4 is 0 Å². The molecule has 5 heteroatoms. The van der Waals surface area contributed by atoms with Crippen LogP contribution in [0.3, 0.4) is 0 Å². The van der Waals surface area contributed by atoms with Crippen LogP contribution in [-0.4, -0.2) is 12.2 Å². The Morgan fingerprint density at radius 3 is 2.46 bits per heavy atom. The highest BCUT2D eigenvalue weighted by atomic mass is 19.4. The maximum Gasteiger partial charge on any atom is 0.525 e. The summed E-state index contributed by atoms with van der Waals surface area (Å²) in [5, 5.41) is 0. The molecule has 1 nitrogen and oxygen atoms in total. The van der Waals surface area contributed by atoms with Gasteiger partial charge in [0.25, 0.3) is 0 Å². The molecule has 0 heterocycles. The maximum absolute atomic E-state index is 13.3. The summed E-state index contributed by atoms with van der Waals surface area (Å²) in [7, 11) is 0. The molecule has 1 saturated carbocycles. The zero-order valence-electron chi connectivity index (χ0n) is 7.33. The molecule has 1 aliphatic carbocycles. The Bertz CT molecular complexity index is 179. The summed E-state index contributed by atoms with van der Waals surface area (Å²) in [6.07, 6.45) is -3.97. The summed E-state index contributed by atoms with van der Waals surface area (Å²) in [6, 6.07) is 0. The van der Waals surface area contributed by atoms with E-state index in [1.54, 1.807) is 0 Å². The average molecular weight is 200 g/mol. The van der Waals surface area contributed by atoms with Crippen LogP contribution in [0, 0.1) is 5.92 Å². The highest BCUT2D eigenvalue weighted by molar-refractivity contribution is 4.82. The average Bonchev–Trinajstić information content (AvgIpc) is 2.27. The van der Waals surface area contributed by atoms with Gasteiger partial charge in [0.05, 0.1) is 0 Å². The fourth-order valence-electron chi connectivity index (χ4n) is 1.70. The zero-order chi connectivity index (χ0) is 10.1. The predicted octanol–water partition coefficient (Wildman–Crippen LogP) is 3.40. The molecule has 0 saturated heterocycles. The van der Waals surface area contributed by atoms with Crippen molar-refractivity contribution in [2.75, 3.05) is 0 Å². The van der Waals surface area contributed by atoms with Crippen LogP contribution < -0.4 is 0 Å². The summed E-state index contributed by atoms with van der Waals surface area (Å²) >= 11 is 0. The molecule has 0 radical (unpaired) electrons. The van der Waals surface area contributed by atoms with Crippen molar-refractivity contribution in [1.82, 2.24) is 0 Å². The molecule has 78 valence electrons. The van der Waals surface area contributed by atoms with Gasteiger partial charge >= 0.3 is 6.36 Å². The molecule has 0 aromatic rings. The van der Waals surface area contributed by atoms with E-state index in [4.69, 9.17) is 0 Å². The van der Waals surface area contributed by atoms with Crippen LogP contribution in [-0.2, 0) is 4.74 Å². The zero-order valence-corrected chi connectivity index (χ0v) is 7.33. The Morgan fingerprint density at radius 1 is 1.46 bits per heavy atom. The van der Waals surface area contributed by atoms with E-state index in [9.17, 15) is 17.6 Å². The van der Waals surface area contributed by atoms with E-state index in [1.807, 2.05) is 6.92 Å². The number of alkyl halides is 4. The number of halogens is 4. The summed E-state index contributed by atoms with van der Waals surface area (Å²) in [6.45, 7) is 1.84. The minimum atomic E-state index is -4.86. The van der Waals surface area contributed by atoms with Crippen molar-refractivity contribution < 1.29 is 22.3 Å². The highest BCUT2D eigenvalue weighted by Crippen LogP contribution is 2.43. The van der Waals surface area contributed by atoms with Crippen molar-refractivity contribution in [1.29, 1.82) is 0 Å². The fourth-order valence-corrected chi connectivity index (χ4v) is 1.70. The third kappa shape index (κ3) is 3.14. The third-order valence-corrected chi connectivity index (χ3v) is 2.40. The molecule has 1 aliphatic rings. The van der Waals surface area contributed by atoms with Gasteiger partial charge in [0, 0.05) is 12.8 Å². The lowest BCUT2D eigenvalue weighted by Gasteiger charge is -2.21. The Kier molecular flexibility index (Phi) is 2.85. The predicted molar refractivity (Wildman–Crippen MR) is 38.6 cm³/mol. The lowest BCUT2D eigenvalue weighted by atomic mass is 10.1. The van der Waals surface area contributed by atoms with Gasteiger partial charge in [-0.25, -0.2) is 4.39 Å². The van der Waals surface area contributed by atoms with Gasteiger partial charge in [-0.1, -0.05) is 13.3 Å². The lowest BCUT2D eigenvalue weighted by molar-refractivity contribution is -0.391. The van der Waals surface area contributed by atoms with E-state index in [2.05, 4.69) is 4.74 Å². The molecule has 2 unspecified atom stereocenters. The van der Waals surface area contributed by atoms with Gasteiger partial charge in [-0.15, -0.1) is 13.2 Å². The van der Waals surface area contributed by atoms with E-state index >= 15 is 0 Å². The first kappa shape index (κ1) is 10.8. The molecule has 0 spiro atoms. The molecule has 0 aliphatic heterocycles. The van der Waals surface area contributed by atoms with Gasteiger partial charge in [0.15, 0.2) is 0 Å². The molecule has 2 atom stereocenters. The molecule has 0 aromatic heterocycles. The first-order valence-corrected chi connectivity index (χ1v) is 4.30. The maximum atomic E-state index is 13.3. The topological polar surface area (TPSA) is 9.23 Å². The Hall–Kier alpha value is -0.320. The molecule has 13 heavy (non-hydrogen) atoms. The first-order chi connectivity index (χ1) is 5.85. The van der Waals surface area contributed by atoms with Crippen LogP contribution in [0.5, 0.6) is 0 Å². The van der Waals surface area contributed by atoms with Crippen LogP contribution in [0.25, 0.3) is 0 Å². The van der Waals surface area contributed by atoms with Crippen molar-refractivity contribution in [3.05, 3.63) is 0 Å². The van der Waals surface area contributed by atoms with Crippen LogP contribution in [0.1, 0.15) is 32.6 Å². The van der Waals surface area contributed by atoms with Crippen LogP contribution >= 0.6 is 0 Å². The van der Waals surface area contributed by atoms with Crippen molar-refractivity contribution in [2.24, 2.45) is 5.92 Å². The highest BCUT2D eigenvalue weighted by Gasteiger charge is 2.48. The molecular weight excluding hydrogens is 188 g/mol. The van der Waals surface area contributed by atoms with Gasteiger partial charge < -0.3 is 0 Å². The largest absolute Gasteiger partial charge is 0.525 e. The monoisotopic (exact) mass is 200 g/mol. The Labute approximate surface area is 74.1 Å². The van der Waals surface area contributed by atoms with E-state index in [0.717, 1.165) is 0 Å². The first-order valence-electron chi connectivity index (χ1n) is 4.30. The van der Waals surface area contributed by atoms with Crippen LogP contribution in [0.4, 0.5) is 17.6 Å². The molecule has 0 aromatic carbocycles. The normalized spacial score (nSPS) is 35.3. The molecule has 0 amide bonds. The molecule has 0 N–H and O–H groups in total. The fraction of sp³-hybridized carbons (Fsp3) is 1.00. The Morgan fingerprint density at radius 2 is 2.08 bits per heavy atom. The van der Waals surface area contributed by atoms with Crippen molar-refractivity contribution in [3.8, 4) is 0 Å². The Balaban J connectivity index is 2.50. The van der Waals surface area contributed by atoms with E-state index in [1.165, 1.54) is 0 Å². The summed E-state index contributed by atoms with van der Waals surface area (Å²) < 4.78 is 51.9. The second-order valence-electron chi connectivity index (χ2n) is 3.45. The second kappa shape index (κ2) is 3.44. The minimum absolute atomic E-state index is 0.0207. The standard InChI is InChI=1S/C8H12F4O/c1-2-6-3-4-7(9,5-6)13-8(10,11)12/h6H,2-5H2,1H3. The number of hydrogen-bond acceptors (Lipinski definition) is 1. The van der Waals surface area contributed by atoms with Crippen molar-refractivity contribution in [2.45, 2.75) is 44.8 Å². The molecule has 0 bridgehead atoms. The molecule has 1 fully saturated rings. The van der Waals surface area contributed by atoms with Gasteiger partial charge in [0.2, 0.25) is 5.85 Å². The molecule has 1 rings (SSSR count). The summed E-state index contributed by atoms with van der Waals surface area (Å²) in [5.74, 6) is -2.45. The number of ether oxygens (including phenoxy) is 1. The van der Waals surface area contributed by atoms with E-state index in [-0.39, 0.29) is 18.8 Å². The summed E-state index contributed by atoms with van der Waals surface area (Å²) in [5.41, 5.74) is 0. The smallest absolute Gasteiger partial charge is 0.254 e. The van der Waals surface area contributed by atoms with Gasteiger partial charge in [-0.2, -0.15) is 0 Å². The minimum Gasteiger partial charge on any atom is -0.254 e. The van der Waals surface area contributed by atoms with Gasteiger partial charge in [0.1, 0.15) is 0 Å². The quantitative estimate of drug-likeness (QED) is 0.621. The second-order valence-corrected chi connectivity index (χ2v) is 3.45. The van der Waals surface area contributed by atoms with Crippen LogP contribution in [0.2, 0.25) is 0 Å². The third-order valence-electron chi connectivity index (χ3n) is 2.40. The van der Waals surface area contributed by atoms with Gasteiger partial charge in [-0.05, 0) is 12.3 Å².